The van der Waals surface area contributed by atoms with Crippen LogP contribution in [-0.4, -0.2) is 26.7 Å². The van der Waals surface area contributed by atoms with E-state index >= 15 is 0 Å². The van der Waals surface area contributed by atoms with E-state index in [2.05, 4.69) is 36.6 Å². The monoisotopic (exact) mass is 431 g/mol. The second-order valence-corrected chi connectivity index (χ2v) is 10.4. The second-order valence-electron chi connectivity index (χ2n) is 4.88. The lowest BCUT2D eigenvalue weighted by Gasteiger charge is -2.26. The van der Waals surface area contributed by atoms with Gasteiger partial charge in [-0.1, -0.05) is 12.8 Å². The molecule has 4 nitrogen and oxygen atoms in total. The van der Waals surface area contributed by atoms with Gasteiger partial charge in [0.05, 0.1) is 7.57 Å². The number of sulfonamides is 1. The van der Waals surface area contributed by atoms with Crippen LogP contribution in [-0.2, 0) is 10.0 Å². The first-order chi connectivity index (χ1) is 8.88. The summed E-state index contributed by atoms with van der Waals surface area (Å²) in [5, 5.41) is 9.49. The molecule has 1 aliphatic rings. The highest BCUT2D eigenvalue weighted by atomic mass is 79.9. The quantitative estimate of drug-likeness (QED) is 0.751. The molecule has 2 rings (SSSR count). The van der Waals surface area contributed by atoms with Crippen LogP contribution < -0.4 is 4.72 Å². The lowest BCUT2D eigenvalue weighted by Crippen LogP contribution is -2.38. The van der Waals surface area contributed by atoms with Crippen molar-refractivity contribution in [2.45, 2.75) is 30.6 Å². The maximum Gasteiger partial charge on any atom is 0.242 e. The predicted molar refractivity (Wildman–Crippen MR) is 82.9 cm³/mol. The molecule has 1 fully saturated rings. The summed E-state index contributed by atoms with van der Waals surface area (Å²) < 4.78 is 28.5. The van der Waals surface area contributed by atoms with Gasteiger partial charge in [0, 0.05) is 18.6 Å². The van der Waals surface area contributed by atoms with E-state index in [1.807, 2.05) is 0 Å². The molecule has 1 saturated carbocycles. The van der Waals surface area contributed by atoms with E-state index in [1.165, 1.54) is 11.3 Å². The van der Waals surface area contributed by atoms with Gasteiger partial charge in [-0.15, -0.1) is 11.3 Å². The molecule has 0 saturated heterocycles. The zero-order chi connectivity index (χ0) is 14.1. The van der Waals surface area contributed by atoms with Crippen molar-refractivity contribution in [1.29, 1.82) is 0 Å². The molecule has 0 amide bonds. The summed E-state index contributed by atoms with van der Waals surface area (Å²) in [7, 11) is -3.53. The van der Waals surface area contributed by atoms with Crippen molar-refractivity contribution in [2.75, 3.05) is 13.2 Å². The second kappa shape index (κ2) is 6.11. The Balaban J connectivity index is 2.12. The van der Waals surface area contributed by atoms with Crippen molar-refractivity contribution in [1.82, 2.24) is 4.72 Å². The highest BCUT2D eigenvalue weighted by Crippen LogP contribution is 2.38. The Labute approximate surface area is 133 Å². The third-order valence-electron chi connectivity index (χ3n) is 3.55. The zero-order valence-electron chi connectivity index (χ0n) is 10.2. The van der Waals surface area contributed by atoms with Crippen LogP contribution in [0.3, 0.4) is 0 Å². The number of hydrogen-bond donors (Lipinski definition) is 2. The van der Waals surface area contributed by atoms with Gasteiger partial charge in [0.25, 0.3) is 0 Å². The molecule has 108 valence electrons. The molecule has 2 N–H and O–H groups in total. The Kier molecular flexibility index (Phi) is 5.12. The number of hydrogen-bond acceptors (Lipinski definition) is 4. The smallest absolute Gasteiger partial charge is 0.242 e. The highest BCUT2D eigenvalue weighted by Gasteiger charge is 2.35. The number of aliphatic hydroxyl groups is 1. The topological polar surface area (TPSA) is 66.4 Å². The van der Waals surface area contributed by atoms with E-state index in [9.17, 15) is 13.5 Å². The van der Waals surface area contributed by atoms with Crippen molar-refractivity contribution in [2.24, 2.45) is 5.41 Å². The van der Waals surface area contributed by atoms with E-state index in [-0.39, 0.29) is 16.9 Å². The summed E-state index contributed by atoms with van der Waals surface area (Å²) in [6.45, 7) is 0.329. The number of halogens is 2. The van der Waals surface area contributed by atoms with E-state index in [1.54, 1.807) is 6.07 Å². The number of aliphatic hydroxyl groups excluding tert-OH is 1. The molecule has 1 aliphatic carbocycles. The molecule has 0 radical (unpaired) electrons. The fourth-order valence-electron chi connectivity index (χ4n) is 2.35. The molecule has 0 bridgehead atoms. The molecule has 19 heavy (non-hydrogen) atoms. The standard InChI is InChI=1S/C11H15Br2NO3S2/c12-9-5-8(10(13)18-9)19(16,17)14-6-11(7-15)3-1-2-4-11/h5,14-15H,1-4,6-7H2. The molecule has 8 heteroatoms. The third-order valence-corrected chi connectivity index (χ3v) is 7.71. The van der Waals surface area contributed by atoms with Gasteiger partial charge in [-0.2, -0.15) is 0 Å². The minimum absolute atomic E-state index is 0.0318. The molecule has 0 spiro atoms. The van der Waals surface area contributed by atoms with Crippen molar-refractivity contribution in [3.05, 3.63) is 13.6 Å². The van der Waals surface area contributed by atoms with E-state index in [0.717, 1.165) is 29.5 Å². The van der Waals surface area contributed by atoms with Gasteiger partial charge in [0.15, 0.2) is 0 Å². The summed E-state index contributed by atoms with van der Waals surface area (Å²) in [6, 6.07) is 1.58. The first-order valence-corrected chi connectivity index (χ1v) is 9.82. The Hall–Kier alpha value is 0.530. The van der Waals surface area contributed by atoms with Gasteiger partial charge in [0.1, 0.15) is 4.90 Å². The van der Waals surface area contributed by atoms with Crippen LogP contribution in [0.15, 0.2) is 18.5 Å². The van der Waals surface area contributed by atoms with Gasteiger partial charge in [-0.3, -0.25) is 0 Å². The van der Waals surface area contributed by atoms with E-state index in [0.29, 0.717) is 10.3 Å². The first-order valence-electron chi connectivity index (χ1n) is 5.94. The Morgan fingerprint density at radius 2 is 2.00 bits per heavy atom. The molecule has 1 heterocycles. The maximum atomic E-state index is 12.2. The lowest BCUT2D eigenvalue weighted by molar-refractivity contribution is 0.134. The van der Waals surface area contributed by atoms with Crippen molar-refractivity contribution >= 4 is 53.2 Å². The van der Waals surface area contributed by atoms with Gasteiger partial charge >= 0.3 is 0 Å². The minimum atomic E-state index is -3.53. The number of thiophene rings is 1. The molecule has 1 aromatic heterocycles. The summed E-state index contributed by atoms with van der Waals surface area (Å²) in [5.41, 5.74) is -0.285. The molecule has 1 aromatic rings. The maximum absolute atomic E-state index is 12.2. The van der Waals surface area contributed by atoms with Crippen molar-refractivity contribution in [3.63, 3.8) is 0 Å². The normalized spacial score (nSPS) is 18.9. The third kappa shape index (κ3) is 3.59. The fourth-order valence-corrected chi connectivity index (χ4v) is 7.32. The summed E-state index contributed by atoms with van der Waals surface area (Å²) in [4.78, 5) is 0.246. The summed E-state index contributed by atoms with van der Waals surface area (Å²) >= 11 is 7.85. The summed E-state index contributed by atoms with van der Waals surface area (Å²) in [6.07, 6.45) is 3.85. The van der Waals surface area contributed by atoms with Crippen LogP contribution in [0.5, 0.6) is 0 Å². The first kappa shape index (κ1) is 15.9. The zero-order valence-corrected chi connectivity index (χ0v) is 15.0. The number of rotatable bonds is 5. The van der Waals surface area contributed by atoms with Crippen LogP contribution >= 0.6 is 43.2 Å². The predicted octanol–water partition coefficient (Wildman–Crippen LogP) is 3.10. The lowest BCUT2D eigenvalue weighted by atomic mass is 9.88. The van der Waals surface area contributed by atoms with E-state index in [4.69, 9.17) is 0 Å². The summed E-state index contributed by atoms with van der Waals surface area (Å²) in [5.74, 6) is 0. The highest BCUT2D eigenvalue weighted by molar-refractivity contribution is 9.12. The van der Waals surface area contributed by atoms with Crippen LogP contribution in [0, 0.1) is 5.41 Å². The van der Waals surface area contributed by atoms with Crippen molar-refractivity contribution < 1.29 is 13.5 Å². The van der Waals surface area contributed by atoms with Crippen LogP contribution in [0.4, 0.5) is 0 Å². The van der Waals surface area contributed by atoms with Crippen LogP contribution in [0.1, 0.15) is 25.7 Å². The van der Waals surface area contributed by atoms with Crippen molar-refractivity contribution in [3.8, 4) is 0 Å². The molecule has 0 atom stereocenters. The number of nitrogens with one attached hydrogen (secondary N) is 1. The molecule has 0 unspecified atom stereocenters. The Morgan fingerprint density at radius 3 is 2.47 bits per heavy atom. The molecule has 0 aromatic carbocycles. The average molecular weight is 433 g/mol. The van der Waals surface area contributed by atoms with Crippen LogP contribution in [0.2, 0.25) is 0 Å². The van der Waals surface area contributed by atoms with Gasteiger partial charge in [-0.05, 0) is 50.8 Å². The van der Waals surface area contributed by atoms with Crippen LogP contribution in [0.25, 0.3) is 0 Å². The van der Waals surface area contributed by atoms with Gasteiger partial charge < -0.3 is 5.11 Å². The molecular weight excluding hydrogens is 418 g/mol. The molecular formula is C11H15Br2NO3S2. The molecule has 0 aliphatic heterocycles. The fraction of sp³-hybridized carbons (Fsp3) is 0.636. The SMILES string of the molecule is O=S(=O)(NCC1(CO)CCCC1)c1cc(Br)sc1Br. The van der Waals surface area contributed by atoms with Gasteiger partial charge in [-0.25, -0.2) is 13.1 Å². The van der Waals surface area contributed by atoms with E-state index < -0.39 is 10.0 Å². The largest absolute Gasteiger partial charge is 0.396 e. The van der Waals surface area contributed by atoms with Gasteiger partial charge in [0.2, 0.25) is 10.0 Å². The Morgan fingerprint density at radius 1 is 1.37 bits per heavy atom. The minimum Gasteiger partial charge on any atom is -0.396 e. The Bertz CT molecular complexity index is 550. The average Bonchev–Trinajstić information content (AvgIpc) is 2.95.